The third-order valence-electron chi connectivity index (χ3n) is 4.24. The van der Waals surface area contributed by atoms with Crippen LogP contribution in [-0.2, 0) is 14.4 Å². The summed E-state index contributed by atoms with van der Waals surface area (Å²) >= 11 is 5.93. The Morgan fingerprint density at radius 3 is 2.10 bits per heavy atom. The fourth-order valence-electron chi connectivity index (χ4n) is 2.57. The second kappa shape index (κ2) is 11.1. The molecule has 0 atom stereocenters. The zero-order valence-electron chi connectivity index (χ0n) is 17.0. The molecule has 0 aliphatic heterocycles. The molecule has 0 saturated heterocycles. The smallest absolute Gasteiger partial charge is 0.349 e. The van der Waals surface area contributed by atoms with Gasteiger partial charge in [0, 0.05) is 5.02 Å². The molecule has 7 nitrogen and oxygen atoms in total. The maximum atomic E-state index is 12.3. The lowest BCUT2D eigenvalue weighted by Gasteiger charge is -2.24. The molecular formula is C22H26ClNO6. The average Bonchev–Trinajstić information content (AvgIpc) is 2.70. The molecule has 0 saturated carbocycles. The number of carbonyl (C=O) groups is 1. The maximum Gasteiger partial charge on any atom is 0.349 e. The second-order valence-electron chi connectivity index (χ2n) is 7.05. The number of ether oxygens (including phenoxy) is 2. The predicted molar refractivity (Wildman–Crippen MR) is 112 cm³/mol. The summed E-state index contributed by atoms with van der Waals surface area (Å²) in [7, 11) is 0. The Bertz CT molecular complexity index is 834. The van der Waals surface area contributed by atoms with Gasteiger partial charge in [-0.3, -0.25) is 15.3 Å². The largest absolute Gasteiger partial charge is 0.476 e. The van der Waals surface area contributed by atoms with Crippen LogP contribution in [0.15, 0.2) is 55.1 Å². The van der Waals surface area contributed by atoms with Crippen molar-refractivity contribution < 1.29 is 29.5 Å². The van der Waals surface area contributed by atoms with E-state index in [1.165, 1.54) is 0 Å². The van der Waals surface area contributed by atoms with Crippen LogP contribution in [0.25, 0.3) is 5.57 Å². The van der Waals surface area contributed by atoms with E-state index in [1.54, 1.807) is 26.0 Å². The van der Waals surface area contributed by atoms with Crippen molar-refractivity contribution in [2.75, 3.05) is 13.2 Å². The molecule has 0 spiro atoms. The number of carbonyl (C=O) groups excluding carboxylic acids is 1. The van der Waals surface area contributed by atoms with Gasteiger partial charge in [-0.25, -0.2) is 4.79 Å². The molecular weight excluding hydrogens is 410 g/mol. The molecule has 0 heterocycles. The van der Waals surface area contributed by atoms with Gasteiger partial charge in [-0.15, -0.1) is 0 Å². The number of nitrogens with zero attached hydrogens (tertiary/aromatic N) is 1. The van der Waals surface area contributed by atoms with E-state index in [9.17, 15) is 4.79 Å². The first-order valence-corrected chi connectivity index (χ1v) is 9.79. The van der Waals surface area contributed by atoms with Gasteiger partial charge in [0.2, 0.25) is 0 Å². The molecule has 8 heteroatoms. The molecule has 30 heavy (non-hydrogen) atoms. The number of halogens is 1. The Labute approximate surface area is 180 Å². The van der Waals surface area contributed by atoms with Crippen molar-refractivity contribution in [2.45, 2.75) is 32.3 Å². The summed E-state index contributed by atoms with van der Waals surface area (Å²) in [6.45, 7) is 7.66. The minimum atomic E-state index is -1.17. The molecule has 0 radical (unpaired) electrons. The van der Waals surface area contributed by atoms with Crippen LogP contribution in [0.4, 0.5) is 0 Å². The highest BCUT2D eigenvalue weighted by Crippen LogP contribution is 2.26. The highest BCUT2D eigenvalue weighted by molar-refractivity contribution is 6.30. The summed E-state index contributed by atoms with van der Waals surface area (Å²) in [5.74, 6) is 0.0352. The summed E-state index contributed by atoms with van der Waals surface area (Å²) in [6, 6.07) is 14.7. The first-order valence-electron chi connectivity index (χ1n) is 9.41. The van der Waals surface area contributed by atoms with Gasteiger partial charge in [0.25, 0.3) is 0 Å². The van der Waals surface area contributed by atoms with Gasteiger partial charge in [0.05, 0.1) is 18.6 Å². The van der Waals surface area contributed by atoms with E-state index < -0.39 is 11.6 Å². The molecule has 0 amide bonds. The Kier molecular flexibility index (Phi) is 8.83. The van der Waals surface area contributed by atoms with E-state index in [4.69, 9.17) is 31.5 Å². The summed E-state index contributed by atoms with van der Waals surface area (Å²) in [4.78, 5) is 16.7. The molecule has 0 aromatic heterocycles. The molecule has 162 valence electrons. The van der Waals surface area contributed by atoms with Crippen LogP contribution in [0, 0.1) is 0 Å². The second-order valence-corrected chi connectivity index (χ2v) is 7.49. The first-order chi connectivity index (χ1) is 14.2. The molecule has 0 unspecified atom stereocenters. The molecule has 2 N–H and O–H groups in total. The van der Waals surface area contributed by atoms with Gasteiger partial charge in [-0.1, -0.05) is 42.4 Å². The lowest BCUT2D eigenvalue weighted by molar-refractivity contribution is -0.492. The number of esters is 1. The highest BCUT2D eigenvalue weighted by Gasteiger charge is 2.31. The van der Waals surface area contributed by atoms with E-state index >= 15 is 0 Å². The standard InChI is InChI=1S/C22H26ClNO6/c1-16(17-6-10-19(23)11-7-17)18-8-12-20(13-9-18)30-22(2,3)21(25)28-14-4-5-15-29-24(26)27/h6-13,26-27H,1,4-5,14-15H2,2-3H3. The van der Waals surface area contributed by atoms with Crippen molar-refractivity contribution in [3.63, 3.8) is 0 Å². The van der Waals surface area contributed by atoms with E-state index in [1.807, 2.05) is 36.4 Å². The highest BCUT2D eigenvalue weighted by atomic mass is 35.5. The minimum Gasteiger partial charge on any atom is -0.476 e. The third kappa shape index (κ3) is 7.44. The Hall–Kier alpha value is -2.42. The van der Waals surface area contributed by atoms with Gasteiger partial charge in [0.1, 0.15) is 5.75 Å². The predicted octanol–water partition coefficient (Wildman–Crippen LogP) is 4.89. The third-order valence-corrected chi connectivity index (χ3v) is 4.49. The van der Waals surface area contributed by atoms with Crippen LogP contribution < -0.4 is 4.74 Å². The zero-order chi connectivity index (χ0) is 22.1. The first kappa shape index (κ1) is 23.9. The van der Waals surface area contributed by atoms with Gasteiger partial charge in [-0.2, -0.15) is 0 Å². The van der Waals surface area contributed by atoms with Crippen LogP contribution >= 0.6 is 11.6 Å². The quantitative estimate of drug-likeness (QED) is 0.295. The van der Waals surface area contributed by atoms with Crippen molar-refractivity contribution in [1.82, 2.24) is 5.39 Å². The van der Waals surface area contributed by atoms with Crippen molar-refractivity contribution >= 4 is 23.1 Å². The number of rotatable bonds is 11. The van der Waals surface area contributed by atoms with E-state index in [-0.39, 0.29) is 18.6 Å². The monoisotopic (exact) mass is 435 g/mol. The summed E-state index contributed by atoms with van der Waals surface area (Å²) in [5.41, 5.74) is 1.58. The maximum absolute atomic E-state index is 12.3. The van der Waals surface area contributed by atoms with Crippen LogP contribution in [0.2, 0.25) is 5.02 Å². The van der Waals surface area contributed by atoms with Gasteiger partial charge >= 0.3 is 5.97 Å². The lowest BCUT2D eigenvalue weighted by atomic mass is 10.00. The normalized spacial score (nSPS) is 11.4. The van der Waals surface area contributed by atoms with E-state index in [0.717, 1.165) is 16.7 Å². The fraction of sp³-hybridized carbons (Fsp3) is 0.318. The van der Waals surface area contributed by atoms with Crippen molar-refractivity contribution in [3.8, 4) is 5.75 Å². The van der Waals surface area contributed by atoms with E-state index in [2.05, 4.69) is 11.4 Å². The van der Waals surface area contributed by atoms with Crippen LogP contribution in [0.1, 0.15) is 37.8 Å². The molecule has 2 rings (SSSR count). The summed E-state index contributed by atoms with van der Waals surface area (Å²) in [5, 5.41) is 17.1. The van der Waals surface area contributed by atoms with Crippen molar-refractivity contribution in [3.05, 3.63) is 71.3 Å². The van der Waals surface area contributed by atoms with Gasteiger partial charge in [0.15, 0.2) is 5.60 Å². The molecule has 0 aliphatic carbocycles. The Morgan fingerprint density at radius 1 is 1.00 bits per heavy atom. The molecule has 0 fully saturated rings. The van der Waals surface area contributed by atoms with Gasteiger partial charge < -0.3 is 9.47 Å². The fourth-order valence-corrected chi connectivity index (χ4v) is 2.69. The molecule has 0 bridgehead atoms. The topological polar surface area (TPSA) is 88.5 Å². The van der Waals surface area contributed by atoms with Crippen molar-refractivity contribution in [2.24, 2.45) is 0 Å². The molecule has 0 aliphatic rings. The summed E-state index contributed by atoms with van der Waals surface area (Å²) in [6.07, 6.45) is 1.00. The Morgan fingerprint density at radius 2 is 1.53 bits per heavy atom. The number of hydrogen-bond donors (Lipinski definition) is 2. The molecule has 2 aromatic rings. The van der Waals surface area contributed by atoms with Crippen LogP contribution in [0.3, 0.4) is 0 Å². The minimum absolute atomic E-state index is 0.0953. The van der Waals surface area contributed by atoms with Gasteiger partial charge in [-0.05, 0) is 67.7 Å². The van der Waals surface area contributed by atoms with Crippen LogP contribution in [0.5, 0.6) is 5.75 Å². The SMILES string of the molecule is C=C(c1ccc(Cl)cc1)c1ccc(OC(C)(C)C(=O)OCCCCON(O)O)cc1. The number of unbranched alkanes of at least 4 members (excludes halogenated alkanes) is 1. The number of hydrogen-bond acceptors (Lipinski definition) is 7. The molecule has 2 aromatic carbocycles. The van der Waals surface area contributed by atoms with Crippen LogP contribution in [-0.4, -0.2) is 40.6 Å². The average molecular weight is 436 g/mol. The lowest BCUT2D eigenvalue weighted by Crippen LogP contribution is -2.39. The van der Waals surface area contributed by atoms with E-state index in [0.29, 0.717) is 23.6 Å². The van der Waals surface area contributed by atoms with Crippen molar-refractivity contribution in [1.29, 1.82) is 0 Å². The Balaban J connectivity index is 1.86. The number of benzene rings is 2. The summed E-state index contributed by atoms with van der Waals surface area (Å²) < 4.78 is 11.0. The zero-order valence-corrected chi connectivity index (χ0v) is 17.8.